The summed E-state index contributed by atoms with van der Waals surface area (Å²) >= 11 is 0. The van der Waals surface area contributed by atoms with Gasteiger partial charge in [-0.15, -0.1) is 0 Å². The van der Waals surface area contributed by atoms with Gasteiger partial charge >= 0.3 is 5.97 Å². The minimum Gasteiger partial charge on any atom is -0.463 e. The molecule has 0 spiro atoms. The molecular weight excluding hydrogens is 418 g/mol. The molecule has 0 aromatic carbocycles. The van der Waals surface area contributed by atoms with Gasteiger partial charge in [0.25, 0.3) is 0 Å². The van der Waals surface area contributed by atoms with Crippen molar-refractivity contribution in [2.24, 2.45) is 11.3 Å². The van der Waals surface area contributed by atoms with Gasteiger partial charge in [0.1, 0.15) is 6.04 Å². The van der Waals surface area contributed by atoms with Gasteiger partial charge in [0, 0.05) is 18.7 Å². The number of nitrogens with zero attached hydrogens (tertiary/aromatic N) is 2. The van der Waals surface area contributed by atoms with E-state index in [2.05, 4.69) is 24.1 Å². The molecule has 0 radical (unpaired) electrons. The van der Waals surface area contributed by atoms with Crippen molar-refractivity contribution < 1.29 is 19.1 Å². The first kappa shape index (κ1) is 29.1. The molecule has 1 aliphatic rings. The van der Waals surface area contributed by atoms with Gasteiger partial charge in [-0.05, 0) is 58.4 Å². The molecule has 7 heteroatoms. The monoisotopic (exact) mass is 465 g/mol. The summed E-state index contributed by atoms with van der Waals surface area (Å²) in [7, 11) is 1.74. The number of piperidine rings is 1. The summed E-state index contributed by atoms with van der Waals surface area (Å²) in [5.41, 5.74) is 0.000989. The van der Waals surface area contributed by atoms with Gasteiger partial charge in [-0.3, -0.25) is 14.5 Å². The fraction of sp³-hybridized carbons (Fsp3) is 0.808. The first-order valence-electron chi connectivity index (χ1n) is 12.4. The number of esters is 1. The maximum atomic E-state index is 13.7. The van der Waals surface area contributed by atoms with E-state index in [0.717, 1.165) is 25.8 Å². The van der Waals surface area contributed by atoms with Crippen molar-refractivity contribution in [3.05, 3.63) is 11.6 Å². The summed E-state index contributed by atoms with van der Waals surface area (Å²) in [5, 5.41) is 3.10. The van der Waals surface area contributed by atoms with Crippen molar-refractivity contribution >= 4 is 17.8 Å². The number of hydrogen-bond acceptors (Lipinski definition) is 5. The number of hydrogen-bond donors (Lipinski definition) is 1. The van der Waals surface area contributed by atoms with E-state index in [1.165, 1.54) is 0 Å². The Bertz CT molecular complexity index is 709. The molecule has 0 aromatic heterocycles. The second kappa shape index (κ2) is 12.5. The van der Waals surface area contributed by atoms with E-state index in [-0.39, 0.29) is 41.8 Å². The zero-order chi connectivity index (χ0) is 25.5. The van der Waals surface area contributed by atoms with Gasteiger partial charge in [0.05, 0.1) is 18.7 Å². The molecule has 33 heavy (non-hydrogen) atoms. The van der Waals surface area contributed by atoms with Crippen molar-refractivity contribution in [3.8, 4) is 0 Å². The molecule has 1 unspecified atom stereocenters. The predicted octanol–water partition coefficient (Wildman–Crippen LogP) is 3.77. The second-order valence-electron chi connectivity index (χ2n) is 10.9. The number of carbonyl (C=O) groups is 3. The van der Waals surface area contributed by atoms with Gasteiger partial charge in [-0.25, -0.2) is 4.79 Å². The van der Waals surface area contributed by atoms with Crippen molar-refractivity contribution in [3.63, 3.8) is 0 Å². The molecule has 1 heterocycles. The molecule has 1 fully saturated rings. The molecule has 1 saturated heterocycles. The van der Waals surface area contributed by atoms with Crippen molar-refractivity contribution in [2.75, 3.05) is 20.2 Å². The molecule has 7 nitrogen and oxygen atoms in total. The van der Waals surface area contributed by atoms with Crippen LogP contribution in [0.1, 0.15) is 81.6 Å². The highest BCUT2D eigenvalue weighted by molar-refractivity contribution is 5.91. The van der Waals surface area contributed by atoms with Crippen LogP contribution in [0.25, 0.3) is 0 Å². The predicted molar refractivity (Wildman–Crippen MR) is 133 cm³/mol. The van der Waals surface area contributed by atoms with Crippen LogP contribution in [-0.2, 0) is 19.1 Å². The number of nitrogens with one attached hydrogen (secondary N) is 1. The number of likely N-dealkylation sites (tertiary alicyclic amines) is 1. The van der Waals surface area contributed by atoms with Crippen LogP contribution in [0.15, 0.2) is 11.6 Å². The van der Waals surface area contributed by atoms with E-state index in [9.17, 15) is 14.4 Å². The van der Waals surface area contributed by atoms with Crippen LogP contribution in [0.3, 0.4) is 0 Å². The number of carbonyl (C=O) groups excluding carboxylic acids is 3. The molecule has 190 valence electrons. The van der Waals surface area contributed by atoms with Crippen LogP contribution in [0.5, 0.6) is 0 Å². The summed E-state index contributed by atoms with van der Waals surface area (Å²) < 4.78 is 5.10. The Labute approximate surface area is 201 Å². The van der Waals surface area contributed by atoms with Gasteiger partial charge < -0.3 is 15.0 Å². The standard InChI is InChI=1S/C26H47N3O4/c1-11-33-25(32)19(6)16-21(17(2)3)28(10)24(31)22(26(7,8)9)27-23(30)20-14-12-13-15-29(20)18(4)5/h16-18,20-22H,11-15H2,1-10H3,(H,27,30)/t20-,21?,22+/m1/s1. The van der Waals surface area contributed by atoms with Crippen molar-refractivity contribution in [2.45, 2.75) is 106 Å². The molecule has 0 bridgehead atoms. The Hall–Kier alpha value is -1.89. The Morgan fingerprint density at radius 2 is 1.76 bits per heavy atom. The van der Waals surface area contributed by atoms with Crippen LogP contribution in [0.2, 0.25) is 0 Å². The van der Waals surface area contributed by atoms with E-state index in [4.69, 9.17) is 4.74 Å². The quantitative estimate of drug-likeness (QED) is 0.414. The average molecular weight is 466 g/mol. The zero-order valence-corrected chi connectivity index (χ0v) is 22.5. The highest BCUT2D eigenvalue weighted by Crippen LogP contribution is 2.26. The van der Waals surface area contributed by atoms with Gasteiger partial charge in [0.15, 0.2) is 0 Å². The normalized spacial score (nSPS) is 19.9. The third-order valence-corrected chi connectivity index (χ3v) is 6.41. The Morgan fingerprint density at radius 3 is 2.24 bits per heavy atom. The Kier molecular flexibility index (Phi) is 11.1. The minimum atomic E-state index is -0.677. The lowest BCUT2D eigenvalue weighted by Crippen LogP contribution is -2.60. The maximum absolute atomic E-state index is 13.7. The highest BCUT2D eigenvalue weighted by atomic mass is 16.5. The van der Waals surface area contributed by atoms with Crippen LogP contribution in [-0.4, -0.2) is 72.0 Å². The van der Waals surface area contributed by atoms with Crippen LogP contribution in [0.4, 0.5) is 0 Å². The number of likely N-dealkylation sites (N-methyl/N-ethyl adjacent to an activating group) is 1. The smallest absolute Gasteiger partial charge is 0.333 e. The van der Waals surface area contributed by atoms with Crippen molar-refractivity contribution in [1.82, 2.24) is 15.1 Å². The lowest BCUT2D eigenvalue weighted by Gasteiger charge is -2.41. The lowest BCUT2D eigenvalue weighted by atomic mass is 9.84. The molecule has 1 N–H and O–H groups in total. The van der Waals surface area contributed by atoms with E-state index < -0.39 is 11.5 Å². The van der Waals surface area contributed by atoms with Gasteiger partial charge in [-0.1, -0.05) is 47.1 Å². The summed E-state index contributed by atoms with van der Waals surface area (Å²) in [6.07, 6.45) is 4.71. The van der Waals surface area contributed by atoms with Gasteiger partial charge in [-0.2, -0.15) is 0 Å². The molecule has 2 amide bonds. The fourth-order valence-corrected chi connectivity index (χ4v) is 4.41. The summed E-state index contributed by atoms with van der Waals surface area (Å²) in [6.45, 7) is 18.8. The number of rotatable bonds is 9. The molecule has 1 rings (SSSR count). The van der Waals surface area contributed by atoms with E-state index in [1.54, 1.807) is 31.9 Å². The Balaban J connectivity index is 3.15. The van der Waals surface area contributed by atoms with E-state index >= 15 is 0 Å². The summed E-state index contributed by atoms with van der Waals surface area (Å²) in [4.78, 5) is 43.1. The third-order valence-electron chi connectivity index (χ3n) is 6.41. The molecule has 0 saturated carbocycles. The topological polar surface area (TPSA) is 79.0 Å². The minimum absolute atomic E-state index is 0.0782. The van der Waals surface area contributed by atoms with Gasteiger partial charge in [0.2, 0.25) is 11.8 Å². The summed E-state index contributed by atoms with van der Waals surface area (Å²) in [5.74, 6) is -0.538. The Morgan fingerprint density at radius 1 is 1.15 bits per heavy atom. The number of amides is 2. The van der Waals surface area contributed by atoms with Crippen LogP contribution in [0, 0.1) is 11.3 Å². The molecule has 3 atom stereocenters. The van der Waals surface area contributed by atoms with E-state index in [0.29, 0.717) is 12.2 Å². The molecule has 0 aromatic rings. The second-order valence-corrected chi connectivity index (χ2v) is 10.9. The van der Waals surface area contributed by atoms with Crippen LogP contribution >= 0.6 is 0 Å². The largest absolute Gasteiger partial charge is 0.463 e. The fourth-order valence-electron chi connectivity index (χ4n) is 4.41. The van der Waals surface area contributed by atoms with Crippen molar-refractivity contribution in [1.29, 1.82) is 0 Å². The van der Waals surface area contributed by atoms with E-state index in [1.807, 2.05) is 34.6 Å². The SMILES string of the molecule is CCOC(=O)C(C)=CC(C(C)C)N(C)C(=O)[C@H](NC(=O)[C@H]1CCCCN1C(C)C)C(C)(C)C. The molecule has 1 aliphatic heterocycles. The zero-order valence-electron chi connectivity index (χ0n) is 22.5. The first-order chi connectivity index (χ1) is 15.2. The first-order valence-corrected chi connectivity index (χ1v) is 12.4. The third kappa shape index (κ3) is 8.13. The molecular formula is C26H47N3O4. The van der Waals surface area contributed by atoms with Crippen LogP contribution < -0.4 is 5.32 Å². The average Bonchev–Trinajstić information content (AvgIpc) is 2.73. The highest BCUT2D eigenvalue weighted by Gasteiger charge is 2.39. The number of ether oxygens (including phenoxy) is 1. The lowest BCUT2D eigenvalue weighted by molar-refractivity contribution is -0.142. The molecule has 0 aliphatic carbocycles. The summed E-state index contributed by atoms with van der Waals surface area (Å²) in [6, 6.07) is -0.920. The maximum Gasteiger partial charge on any atom is 0.333 e.